The SMILES string of the molecule is CC(=O)C1CCNN1[C@@H]1c2cc(F)cc(C)c2C[C@H]1O. The van der Waals surface area contributed by atoms with Crippen molar-refractivity contribution in [1.82, 2.24) is 10.4 Å². The van der Waals surface area contributed by atoms with Crippen molar-refractivity contribution in [1.29, 1.82) is 0 Å². The summed E-state index contributed by atoms with van der Waals surface area (Å²) in [5.74, 6) is -0.220. The number of hydrogen-bond donors (Lipinski definition) is 2. The number of ketones is 1. The van der Waals surface area contributed by atoms with Gasteiger partial charge < -0.3 is 5.11 Å². The Hall–Kier alpha value is -1.30. The number of carbonyl (C=O) groups excluding carboxylic acids is 1. The van der Waals surface area contributed by atoms with Crippen LogP contribution in [0.2, 0.25) is 0 Å². The van der Waals surface area contributed by atoms with E-state index in [0.717, 1.165) is 23.1 Å². The van der Waals surface area contributed by atoms with Crippen molar-refractivity contribution in [3.8, 4) is 0 Å². The number of nitrogens with one attached hydrogen (secondary N) is 1. The van der Waals surface area contributed by atoms with Crippen molar-refractivity contribution < 1.29 is 14.3 Å². The third-order valence-corrected chi connectivity index (χ3v) is 4.39. The number of rotatable bonds is 2. The average molecular weight is 278 g/mol. The topological polar surface area (TPSA) is 52.6 Å². The number of hydrazine groups is 1. The Bertz CT molecular complexity index is 561. The number of Topliss-reactive ketones (excluding diaryl/α,β-unsaturated/α-hetero) is 1. The van der Waals surface area contributed by atoms with Crippen LogP contribution in [0.4, 0.5) is 4.39 Å². The molecule has 2 aliphatic rings. The first kappa shape index (κ1) is 13.7. The van der Waals surface area contributed by atoms with E-state index >= 15 is 0 Å². The van der Waals surface area contributed by atoms with Crippen LogP contribution < -0.4 is 5.43 Å². The monoisotopic (exact) mass is 278 g/mol. The van der Waals surface area contributed by atoms with E-state index in [2.05, 4.69) is 5.43 Å². The Morgan fingerprint density at radius 2 is 2.25 bits per heavy atom. The number of nitrogens with zero attached hydrogens (tertiary/aromatic N) is 1. The molecular formula is C15H19FN2O2. The van der Waals surface area contributed by atoms with Gasteiger partial charge in [-0.3, -0.25) is 10.2 Å². The minimum atomic E-state index is -0.613. The second-order valence-corrected chi connectivity index (χ2v) is 5.74. The Morgan fingerprint density at radius 3 is 2.95 bits per heavy atom. The fourth-order valence-corrected chi connectivity index (χ4v) is 3.48. The van der Waals surface area contributed by atoms with Crippen LogP contribution >= 0.6 is 0 Å². The molecule has 1 aliphatic heterocycles. The number of aliphatic hydroxyl groups excluding tert-OH is 1. The number of carbonyl (C=O) groups is 1. The Labute approximate surface area is 117 Å². The lowest BCUT2D eigenvalue weighted by Crippen LogP contribution is -2.46. The number of benzene rings is 1. The molecule has 1 unspecified atom stereocenters. The molecule has 1 aromatic rings. The fraction of sp³-hybridized carbons (Fsp3) is 0.533. The van der Waals surface area contributed by atoms with Gasteiger partial charge in [-0.1, -0.05) is 0 Å². The summed E-state index contributed by atoms with van der Waals surface area (Å²) in [6, 6.07) is 2.38. The zero-order chi connectivity index (χ0) is 14.4. The first-order chi connectivity index (χ1) is 9.49. The molecule has 0 aromatic heterocycles. The summed E-state index contributed by atoms with van der Waals surface area (Å²) >= 11 is 0. The predicted molar refractivity (Wildman–Crippen MR) is 72.5 cm³/mol. The zero-order valence-electron chi connectivity index (χ0n) is 11.7. The highest BCUT2D eigenvalue weighted by Crippen LogP contribution is 2.39. The molecule has 0 saturated carbocycles. The van der Waals surface area contributed by atoms with E-state index in [1.54, 1.807) is 6.92 Å². The van der Waals surface area contributed by atoms with Gasteiger partial charge in [0.25, 0.3) is 0 Å². The molecule has 3 rings (SSSR count). The van der Waals surface area contributed by atoms with Gasteiger partial charge in [0, 0.05) is 13.0 Å². The molecule has 2 N–H and O–H groups in total. The quantitative estimate of drug-likeness (QED) is 0.855. The van der Waals surface area contributed by atoms with Gasteiger partial charge in [0.2, 0.25) is 0 Å². The lowest BCUT2D eigenvalue weighted by molar-refractivity contribution is -0.123. The van der Waals surface area contributed by atoms with Gasteiger partial charge in [0.05, 0.1) is 18.2 Å². The molecule has 1 heterocycles. The van der Waals surface area contributed by atoms with E-state index in [1.165, 1.54) is 12.1 Å². The molecule has 1 aromatic carbocycles. The Balaban J connectivity index is 2.02. The lowest BCUT2D eigenvalue weighted by Gasteiger charge is -2.31. The van der Waals surface area contributed by atoms with E-state index in [-0.39, 0.29) is 23.7 Å². The van der Waals surface area contributed by atoms with Crippen molar-refractivity contribution in [2.45, 2.75) is 44.9 Å². The van der Waals surface area contributed by atoms with Crippen molar-refractivity contribution >= 4 is 5.78 Å². The van der Waals surface area contributed by atoms with Gasteiger partial charge in [-0.15, -0.1) is 0 Å². The van der Waals surface area contributed by atoms with Crippen molar-refractivity contribution in [2.75, 3.05) is 6.54 Å². The van der Waals surface area contributed by atoms with E-state index < -0.39 is 6.10 Å². The molecule has 1 saturated heterocycles. The molecule has 4 nitrogen and oxygen atoms in total. The van der Waals surface area contributed by atoms with Crippen LogP contribution in [0.3, 0.4) is 0 Å². The van der Waals surface area contributed by atoms with E-state index in [1.807, 2.05) is 11.9 Å². The molecule has 3 atom stereocenters. The molecule has 5 heteroatoms. The molecule has 0 radical (unpaired) electrons. The summed E-state index contributed by atoms with van der Waals surface area (Å²) < 4.78 is 13.7. The highest BCUT2D eigenvalue weighted by atomic mass is 19.1. The first-order valence-electron chi connectivity index (χ1n) is 6.98. The number of hydrogen-bond acceptors (Lipinski definition) is 4. The Kier molecular flexibility index (Phi) is 3.36. The van der Waals surface area contributed by atoms with Gasteiger partial charge in [-0.2, -0.15) is 0 Å². The van der Waals surface area contributed by atoms with Crippen LogP contribution in [-0.2, 0) is 11.2 Å². The van der Waals surface area contributed by atoms with E-state index in [9.17, 15) is 14.3 Å². The number of fused-ring (bicyclic) bond motifs is 1. The fourth-order valence-electron chi connectivity index (χ4n) is 3.48. The van der Waals surface area contributed by atoms with Crippen LogP contribution in [-0.4, -0.2) is 34.6 Å². The van der Waals surface area contributed by atoms with Crippen LogP contribution in [0.1, 0.15) is 36.1 Å². The predicted octanol–water partition coefficient (Wildman–Crippen LogP) is 1.26. The number of aryl methyl sites for hydroxylation is 1. The first-order valence-corrected chi connectivity index (χ1v) is 6.98. The third-order valence-electron chi connectivity index (χ3n) is 4.39. The Morgan fingerprint density at radius 1 is 1.50 bits per heavy atom. The summed E-state index contributed by atoms with van der Waals surface area (Å²) in [5, 5.41) is 12.2. The average Bonchev–Trinajstić information content (AvgIpc) is 2.92. The highest BCUT2D eigenvalue weighted by Gasteiger charge is 2.42. The molecular weight excluding hydrogens is 259 g/mol. The van der Waals surface area contributed by atoms with Crippen LogP contribution in [0.5, 0.6) is 0 Å². The van der Waals surface area contributed by atoms with Gasteiger partial charge in [-0.25, -0.2) is 9.40 Å². The van der Waals surface area contributed by atoms with Gasteiger partial charge in [0.15, 0.2) is 0 Å². The summed E-state index contributed by atoms with van der Waals surface area (Å²) in [4.78, 5) is 11.7. The van der Waals surface area contributed by atoms with Crippen LogP contribution in [0.25, 0.3) is 0 Å². The van der Waals surface area contributed by atoms with E-state index in [0.29, 0.717) is 13.0 Å². The highest BCUT2D eigenvalue weighted by molar-refractivity contribution is 5.81. The van der Waals surface area contributed by atoms with Gasteiger partial charge in [-0.05, 0) is 49.1 Å². The zero-order valence-corrected chi connectivity index (χ0v) is 11.7. The molecule has 1 aliphatic carbocycles. The second-order valence-electron chi connectivity index (χ2n) is 5.74. The number of aliphatic hydroxyl groups is 1. The largest absolute Gasteiger partial charge is 0.391 e. The summed E-state index contributed by atoms with van der Waals surface area (Å²) in [7, 11) is 0. The normalized spacial score (nSPS) is 29.7. The van der Waals surface area contributed by atoms with Crippen LogP contribution in [0.15, 0.2) is 12.1 Å². The van der Waals surface area contributed by atoms with Crippen LogP contribution in [0, 0.1) is 12.7 Å². The lowest BCUT2D eigenvalue weighted by atomic mass is 10.0. The van der Waals surface area contributed by atoms with Gasteiger partial charge in [0.1, 0.15) is 11.6 Å². The molecule has 108 valence electrons. The molecule has 0 spiro atoms. The maximum absolute atomic E-state index is 13.7. The standard InChI is InChI=1S/C15H19FN2O2/c1-8-5-10(16)6-12-11(8)7-14(20)15(12)18-13(9(2)19)3-4-17-18/h5-6,13-15,17,20H,3-4,7H2,1-2H3/t13?,14-,15-/m1/s1. The van der Waals surface area contributed by atoms with Crippen molar-refractivity contribution in [3.63, 3.8) is 0 Å². The molecule has 0 amide bonds. The third kappa shape index (κ3) is 2.06. The minimum absolute atomic E-state index is 0.0729. The van der Waals surface area contributed by atoms with Crippen molar-refractivity contribution in [3.05, 3.63) is 34.6 Å². The molecule has 20 heavy (non-hydrogen) atoms. The molecule has 1 fully saturated rings. The maximum atomic E-state index is 13.7. The summed E-state index contributed by atoms with van der Waals surface area (Å²) in [6.07, 6.45) is 0.620. The van der Waals surface area contributed by atoms with E-state index in [4.69, 9.17) is 0 Å². The minimum Gasteiger partial charge on any atom is -0.391 e. The smallest absolute Gasteiger partial charge is 0.148 e. The van der Waals surface area contributed by atoms with Crippen molar-refractivity contribution in [2.24, 2.45) is 0 Å². The second kappa shape index (κ2) is 4.91. The maximum Gasteiger partial charge on any atom is 0.148 e. The van der Waals surface area contributed by atoms with Gasteiger partial charge >= 0.3 is 0 Å². The summed E-state index contributed by atoms with van der Waals surface area (Å²) in [6.45, 7) is 4.12. The molecule has 0 bridgehead atoms. The summed E-state index contributed by atoms with van der Waals surface area (Å²) in [5.41, 5.74) is 5.83. The number of halogens is 1.